The summed E-state index contributed by atoms with van der Waals surface area (Å²) in [4.78, 5) is 64.0. The number of primary amides is 2. The molecule has 1 unspecified atom stereocenters. The van der Waals surface area contributed by atoms with Crippen molar-refractivity contribution in [2.75, 3.05) is 0 Å². The number of nitrogens with zero attached hydrogens (tertiary/aromatic N) is 3. The van der Waals surface area contributed by atoms with Gasteiger partial charge in [0.25, 0.3) is 5.82 Å². The minimum absolute atomic E-state index is 0.00926. The number of rotatable bonds is 19. The van der Waals surface area contributed by atoms with Crippen LogP contribution in [0.15, 0.2) is 34.2 Å². The van der Waals surface area contributed by atoms with Gasteiger partial charge < -0.3 is 48.8 Å². The number of aromatic amines is 3. The first-order chi connectivity index (χ1) is 39.7. The van der Waals surface area contributed by atoms with Crippen molar-refractivity contribution in [3.63, 3.8) is 0 Å². The highest BCUT2D eigenvalue weighted by Crippen LogP contribution is 2.16. The number of amidine groups is 2. The Morgan fingerprint density at radius 3 is 0.955 bits per heavy atom. The lowest BCUT2D eigenvalue weighted by Crippen LogP contribution is -2.33. The number of H-pyrrole nitrogens is 3. The topological polar surface area (TPSA) is 320 Å². The van der Waals surface area contributed by atoms with Crippen LogP contribution in [0.25, 0.3) is 0 Å². The van der Waals surface area contributed by atoms with Crippen LogP contribution in [0.5, 0.6) is 0 Å². The van der Waals surface area contributed by atoms with Gasteiger partial charge in [-0.15, -0.1) is 0 Å². The minimum atomic E-state index is -0.241. The molecule has 0 radical (unpaired) electrons. The fourth-order valence-electron chi connectivity index (χ4n) is 5.03. The fraction of sp³-hybridized carbons (Fsp3) is 0.800. The summed E-state index contributed by atoms with van der Waals surface area (Å²) in [7, 11) is 0. The van der Waals surface area contributed by atoms with Gasteiger partial charge in [0.15, 0.2) is 0 Å². The maximum Gasteiger partial charge on any atom is 0.254 e. The highest BCUT2D eigenvalue weighted by Gasteiger charge is 2.14. The van der Waals surface area contributed by atoms with Crippen LogP contribution in [0.1, 0.15) is 302 Å². The van der Waals surface area contributed by atoms with Gasteiger partial charge in [0.1, 0.15) is 17.7 Å². The normalized spacial score (nSPS) is 11.9. The van der Waals surface area contributed by atoms with Gasteiger partial charge in [-0.2, -0.15) is 0 Å². The molecule has 0 saturated carbocycles. The Hall–Kier alpha value is -5.26. The largest absolute Gasteiger partial charge is 0.512 e. The third-order valence-corrected chi connectivity index (χ3v) is 11.3. The second-order valence-corrected chi connectivity index (χ2v) is 27.9. The van der Waals surface area contributed by atoms with E-state index in [-0.39, 0.29) is 71.4 Å². The molecule has 0 aliphatic rings. The molecule has 0 aliphatic carbocycles. The van der Waals surface area contributed by atoms with Gasteiger partial charge in [-0.3, -0.25) is 29.2 Å². The van der Waals surface area contributed by atoms with Gasteiger partial charge >= 0.3 is 0 Å². The molecule has 522 valence electrons. The zero-order valence-electron chi connectivity index (χ0n) is 63.6. The summed E-state index contributed by atoms with van der Waals surface area (Å²) >= 11 is 0. The maximum absolute atomic E-state index is 10.8. The fourth-order valence-corrected chi connectivity index (χ4v) is 5.03. The van der Waals surface area contributed by atoms with E-state index in [2.05, 4.69) is 130 Å². The Kier molecular flexibility index (Phi) is 64.0. The number of aliphatic imine (C=N–C) groups is 2. The standard InChI is InChI=1S/2C9H16N2.C8H18O.C8H16O.2C7H16N2.2C7H15NO.2C4H9NO/c2*1-6(2)8-5-10-9(11-8)7(3)4;2*1-6(2)5-8(9)7(3)4;2*1-5(2)7(8)9-6(3)4;2*1-5(2)7(9)8-6(3)4;2*1-3(2)4(5)6/h2*5-7H,1-4H3,(H,10,11);6-9H,5H2,1-4H3;5-7,9H,1-4H3;2*5-6H,1-4H3,(H2,8,9);2*5-6H,1-4H3,(H,8,9);2*3H,1-2H3,(H2,5,6)/p+1/b;;;8-5-;;;;;;. The van der Waals surface area contributed by atoms with Gasteiger partial charge in [0.2, 0.25) is 23.6 Å². The third kappa shape index (κ3) is 71.5. The van der Waals surface area contributed by atoms with Crippen LogP contribution in [0.3, 0.4) is 0 Å². The van der Waals surface area contributed by atoms with Gasteiger partial charge in [-0.25, -0.2) is 15.0 Å². The molecule has 0 aromatic carbocycles. The molecule has 2 aromatic heterocycles. The van der Waals surface area contributed by atoms with Crippen LogP contribution < -0.4 is 38.6 Å². The second-order valence-electron chi connectivity index (χ2n) is 27.9. The molecule has 88 heavy (non-hydrogen) atoms. The number of nitrogens with two attached hydrogens (primary N) is 4. The first-order valence-corrected chi connectivity index (χ1v) is 32.8. The number of nitrogens with one attached hydrogen (secondary N) is 5. The van der Waals surface area contributed by atoms with Crippen molar-refractivity contribution in [1.82, 2.24) is 25.6 Å². The zero-order chi connectivity index (χ0) is 71.8. The van der Waals surface area contributed by atoms with Crippen LogP contribution in [-0.4, -0.2) is 90.7 Å². The predicted octanol–water partition coefficient (Wildman–Crippen LogP) is 14.9. The molecule has 0 spiro atoms. The van der Waals surface area contributed by atoms with E-state index in [1.165, 1.54) is 17.2 Å². The van der Waals surface area contributed by atoms with Crippen LogP contribution in [0.4, 0.5) is 0 Å². The van der Waals surface area contributed by atoms with Crippen molar-refractivity contribution in [3.8, 4) is 0 Å². The van der Waals surface area contributed by atoms with E-state index in [0.29, 0.717) is 71.1 Å². The van der Waals surface area contributed by atoms with E-state index in [1.807, 2.05) is 151 Å². The summed E-state index contributed by atoms with van der Waals surface area (Å²) in [6, 6.07) is 1.18. The average molecular weight is 1250 g/mol. The van der Waals surface area contributed by atoms with Crippen LogP contribution in [0, 0.1) is 59.2 Å². The summed E-state index contributed by atoms with van der Waals surface area (Å²) < 4.78 is 0. The Labute approximate surface area is 542 Å². The zero-order valence-corrected chi connectivity index (χ0v) is 63.6. The Bertz CT molecular complexity index is 1880. The molecule has 0 bridgehead atoms. The Morgan fingerprint density at radius 2 is 0.841 bits per heavy atom. The number of amides is 4. The van der Waals surface area contributed by atoms with Crippen molar-refractivity contribution in [2.24, 2.45) is 92.1 Å². The van der Waals surface area contributed by atoms with Crippen molar-refractivity contribution in [2.45, 2.75) is 310 Å². The predicted molar refractivity (Wildman–Crippen MR) is 380 cm³/mol. The molecule has 0 saturated heterocycles. The van der Waals surface area contributed by atoms with Gasteiger partial charge in [-0.1, -0.05) is 194 Å². The van der Waals surface area contributed by atoms with E-state index in [0.717, 1.165) is 23.9 Å². The molecule has 18 heteroatoms. The summed E-state index contributed by atoms with van der Waals surface area (Å²) in [5.41, 5.74) is 23.2. The SMILES string of the molecule is CC(C)/C=C(\O)C(C)C.CC(C)C(N)=O.CC(C)C(N)=O.CC(C)CC(O)C(C)C.CC(C)N=C(N)C(C)C.CC(C)N=C(N)C(C)C.CC(C)NC(=O)C(C)C.CC(C)NC(=O)C(C)C.CC(C)c1c[nH+]c(C(C)C)[nH]1.CC(C)c1cnc(C(C)C)[nH]1. The Morgan fingerprint density at radius 1 is 0.500 bits per heavy atom. The van der Waals surface area contributed by atoms with Crippen molar-refractivity contribution in [3.05, 3.63) is 47.3 Å². The highest BCUT2D eigenvalue weighted by atomic mass is 16.3. The average Bonchev–Trinajstić information content (AvgIpc) is 4.07. The molecule has 4 amide bonds. The van der Waals surface area contributed by atoms with E-state index in [1.54, 1.807) is 27.7 Å². The first kappa shape index (κ1) is 99.0. The van der Waals surface area contributed by atoms with Crippen molar-refractivity contribution in [1.29, 1.82) is 0 Å². The lowest BCUT2D eigenvalue weighted by atomic mass is 9.98. The molecule has 0 aliphatic heterocycles. The lowest BCUT2D eigenvalue weighted by molar-refractivity contribution is -0.390. The first-order valence-electron chi connectivity index (χ1n) is 32.8. The number of aliphatic hydroxyl groups is 2. The molecule has 2 rings (SSSR count). The number of hydrogen-bond donors (Lipinski definition) is 10. The van der Waals surface area contributed by atoms with Crippen LogP contribution in [-0.2, 0) is 19.2 Å². The molecule has 1 atom stereocenters. The molecular formula is C70H147N12O6+. The monoisotopic (exact) mass is 1250 g/mol. The molecule has 18 nitrogen and oxygen atoms in total. The number of carbonyl (C=O) groups excluding carboxylic acids is 4. The van der Waals surface area contributed by atoms with Crippen molar-refractivity contribution >= 4 is 35.3 Å². The van der Waals surface area contributed by atoms with E-state index in [9.17, 15) is 24.3 Å². The smallest absolute Gasteiger partial charge is 0.254 e. The molecule has 15 N–H and O–H groups in total. The number of allylic oxidation sites excluding steroid dienone is 2. The molecular weight excluding hydrogens is 1100 g/mol. The van der Waals surface area contributed by atoms with E-state index >= 15 is 0 Å². The summed E-state index contributed by atoms with van der Waals surface area (Å²) in [5.74, 6) is 8.99. The second kappa shape index (κ2) is 56.9. The van der Waals surface area contributed by atoms with Crippen LogP contribution >= 0.6 is 0 Å². The van der Waals surface area contributed by atoms with E-state index < -0.39 is 0 Å². The van der Waals surface area contributed by atoms with Crippen LogP contribution in [0.2, 0.25) is 0 Å². The number of aliphatic hydroxyl groups excluding tert-OH is 2. The number of hydrogen-bond acceptors (Lipinski definition) is 9. The molecule has 0 fully saturated rings. The summed E-state index contributed by atoms with van der Waals surface area (Å²) in [6.07, 6.45) is 6.69. The number of carbonyl (C=O) groups is 4. The Balaban J connectivity index is -0.000000135. The van der Waals surface area contributed by atoms with Gasteiger partial charge in [0, 0.05) is 89.3 Å². The summed E-state index contributed by atoms with van der Waals surface area (Å²) in [6.45, 7) is 72.5. The third-order valence-electron chi connectivity index (χ3n) is 11.3. The van der Waals surface area contributed by atoms with E-state index in [4.69, 9.17) is 28.0 Å². The highest BCUT2D eigenvalue weighted by molar-refractivity contribution is 5.82. The summed E-state index contributed by atoms with van der Waals surface area (Å²) in [5, 5.41) is 24.1. The maximum atomic E-state index is 10.8. The quantitative estimate of drug-likeness (QED) is 0.0363. The minimum Gasteiger partial charge on any atom is -0.512 e. The lowest BCUT2D eigenvalue weighted by Gasteiger charge is -2.15. The van der Waals surface area contributed by atoms with Crippen molar-refractivity contribution < 1.29 is 34.4 Å². The molecule has 2 aromatic rings. The van der Waals surface area contributed by atoms with Gasteiger partial charge in [-0.05, 0) is 91.6 Å². The molecule has 2 heterocycles. The number of aromatic nitrogens is 4. The van der Waals surface area contributed by atoms with Gasteiger partial charge in [0.05, 0.1) is 29.5 Å². The number of imidazole rings is 2.